The van der Waals surface area contributed by atoms with E-state index in [4.69, 9.17) is 16.3 Å². The van der Waals surface area contributed by atoms with E-state index < -0.39 is 58.9 Å². The van der Waals surface area contributed by atoms with Crippen LogP contribution in [-0.2, 0) is 22.3 Å². The van der Waals surface area contributed by atoms with E-state index in [1.54, 1.807) is 0 Å². The SMILES string of the molecule is O=C(COc1ccc(Cl)c(F)c1)NC12CCC(C(=O)NCc3cc(F)cc(C(F)(F)F)c3)(CC1)[C@@H](O)C2. The molecule has 3 aliphatic carbocycles. The lowest BCUT2D eigenvalue weighted by atomic mass is 9.55. The Morgan fingerprint density at radius 3 is 2.41 bits per heavy atom. The van der Waals surface area contributed by atoms with Crippen LogP contribution in [0.15, 0.2) is 36.4 Å². The Morgan fingerprint density at radius 2 is 1.78 bits per heavy atom. The van der Waals surface area contributed by atoms with Crippen LogP contribution in [0.2, 0.25) is 5.02 Å². The molecule has 2 bridgehead atoms. The van der Waals surface area contributed by atoms with Gasteiger partial charge in [-0.3, -0.25) is 9.59 Å². The summed E-state index contributed by atoms with van der Waals surface area (Å²) in [4.78, 5) is 25.5. The second kappa shape index (κ2) is 10.1. The average Bonchev–Trinajstić information content (AvgIpc) is 2.83. The van der Waals surface area contributed by atoms with Gasteiger partial charge in [-0.2, -0.15) is 13.2 Å². The van der Waals surface area contributed by atoms with E-state index >= 15 is 0 Å². The molecule has 0 heterocycles. The van der Waals surface area contributed by atoms with E-state index in [0.29, 0.717) is 18.9 Å². The number of carbonyl (C=O) groups is 2. The molecule has 12 heteroatoms. The van der Waals surface area contributed by atoms with Crippen molar-refractivity contribution in [1.29, 1.82) is 0 Å². The van der Waals surface area contributed by atoms with Gasteiger partial charge in [0.2, 0.25) is 5.91 Å². The van der Waals surface area contributed by atoms with Crippen LogP contribution in [0.1, 0.15) is 43.2 Å². The number of benzene rings is 2. The van der Waals surface area contributed by atoms with E-state index in [1.807, 2.05) is 0 Å². The average molecular weight is 547 g/mol. The van der Waals surface area contributed by atoms with Crippen molar-refractivity contribution in [3.05, 3.63) is 64.2 Å². The Labute approximate surface area is 214 Å². The van der Waals surface area contributed by atoms with Crippen LogP contribution in [0.4, 0.5) is 22.0 Å². The zero-order valence-electron chi connectivity index (χ0n) is 19.4. The largest absolute Gasteiger partial charge is 0.484 e. The van der Waals surface area contributed by atoms with E-state index in [-0.39, 0.29) is 42.1 Å². The third-order valence-corrected chi connectivity index (χ3v) is 7.48. The molecule has 3 N–H and O–H groups in total. The number of hydrogen-bond acceptors (Lipinski definition) is 4. The number of ether oxygens (including phenoxy) is 1. The molecule has 0 aromatic heterocycles. The van der Waals surface area contributed by atoms with Crippen LogP contribution < -0.4 is 15.4 Å². The van der Waals surface area contributed by atoms with E-state index in [9.17, 15) is 36.6 Å². The highest BCUT2D eigenvalue weighted by atomic mass is 35.5. The molecule has 3 aliphatic rings. The number of halogens is 6. The van der Waals surface area contributed by atoms with Gasteiger partial charge in [-0.05, 0) is 68.0 Å². The first-order valence-corrected chi connectivity index (χ1v) is 11.9. The maximum atomic E-state index is 13.7. The first-order valence-electron chi connectivity index (χ1n) is 11.5. The number of aliphatic hydroxyl groups is 1. The fourth-order valence-electron chi connectivity index (χ4n) is 5.15. The first-order chi connectivity index (χ1) is 17.3. The Kier molecular flexibility index (Phi) is 7.40. The van der Waals surface area contributed by atoms with Crippen LogP contribution in [-0.4, -0.2) is 35.2 Å². The number of carbonyl (C=O) groups excluding carboxylic acids is 2. The van der Waals surface area contributed by atoms with Gasteiger partial charge in [0.15, 0.2) is 6.61 Å². The molecule has 3 fully saturated rings. The van der Waals surface area contributed by atoms with Crippen molar-refractivity contribution in [2.45, 2.75) is 56.5 Å². The number of hydrogen-bond donors (Lipinski definition) is 3. The van der Waals surface area contributed by atoms with Gasteiger partial charge in [0.25, 0.3) is 5.91 Å². The van der Waals surface area contributed by atoms with Gasteiger partial charge >= 0.3 is 6.18 Å². The Morgan fingerprint density at radius 1 is 1.08 bits per heavy atom. The lowest BCUT2D eigenvalue weighted by molar-refractivity contribution is -0.156. The van der Waals surface area contributed by atoms with Gasteiger partial charge in [-0.1, -0.05) is 11.6 Å². The normalized spacial score (nSPS) is 25.0. The zero-order valence-corrected chi connectivity index (χ0v) is 20.2. The molecular weight excluding hydrogens is 523 g/mol. The van der Waals surface area contributed by atoms with Gasteiger partial charge in [0, 0.05) is 18.2 Å². The molecule has 37 heavy (non-hydrogen) atoms. The highest BCUT2D eigenvalue weighted by Gasteiger charge is 2.58. The summed E-state index contributed by atoms with van der Waals surface area (Å²) >= 11 is 5.62. The van der Waals surface area contributed by atoms with Crippen molar-refractivity contribution in [3.63, 3.8) is 0 Å². The second-order valence-electron chi connectivity index (χ2n) is 9.60. The summed E-state index contributed by atoms with van der Waals surface area (Å²) in [6.45, 7) is -0.725. The van der Waals surface area contributed by atoms with Crippen LogP contribution in [0, 0.1) is 17.0 Å². The van der Waals surface area contributed by atoms with E-state index in [2.05, 4.69) is 10.6 Å². The van der Waals surface area contributed by atoms with Crippen LogP contribution in [0.5, 0.6) is 5.75 Å². The minimum Gasteiger partial charge on any atom is -0.484 e. The third kappa shape index (κ3) is 5.82. The maximum Gasteiger partial charge on any atom is 0.416 e. The van der Waals surface area contributed by atoms with Gasteiger partial charge in [0.1, 0.15) is 17.4 Å². The van der Waals surface area contributed by atoms with E-state index in [0.717, 1.165) is 18.2 Å². The quantitative estimate of drug-likeness (QED) is 0.446. The van der Waals surface area contributed by atoms with Crippen LogP contribution in [0.3, 0.4) is 0 Å². The summed E-state index contributed by atoms with van der Waals surface area (Å²) in [6, 6.07) is 5.83. The number of amides is 2. The molecule has 2 aromatic rings. The Hall–Kier alpha value is -2.92. The van der Waals surface area contributed by atoms with Crippen molar-refractivity contribution in [2.75, 3.05) is 6.61 Å². The Bertz CT molecular complexity index is 1200. The van der Waals surface area contributed by atoms with Crippen molar-refractivity contribution < 1.29 is 41.4 Å². The van der Waals surface area contributed by atoms with Crippen LogP contribution >= 0.6 is 11.6 Å². The molecule has 0 saturated heterocycles. The molecule has 0 radical (unpaired) electrons. The standard InChI is InChI=1S/C25H24ClF5N2O4/c26-18-2-1-17(10-19(18)28)37-13-21(35)33-23-3-5-24(6-4-23,20(34)11-23)22(36)32-12-14-7-15(25(29,30)31)9-16(27)8-14/h1-2,7-10,20,34H,3-6,11-13H2,(H,32,36)(H,33,35)/t20-,23?,24?/m0/s1. The van der Waals surface area contributed by atoms with Gasteiger partial charge < -0.3 is 20.5 Å². The smallest absolute Gasteiger partial charge is 0.416 e. The molecule has 6 nitrogen and oxygen atoms in total. The molecule has 200 valence electrons. The number of aliphatic hydroxyl groups excluding tert-OH is 1. The first kappa shape index (κ1) is 27.1. The molecule has 0 aliphatic heterocycles. The number of nitrogens with one attached hydrogen (secondary N) is 2. The zero-order chi connectivity index (χ0) is 27.0. The molecule has 0 spiro atoms. The van der Waals surface area contributed by atoms with Crippen molar-refractivity contribution in [1.82, 2.24) is 10.6 Å². The maximum absolute atomic E-state index is 13.7. The lowest BCUT2D eigenvalue weighted by Crippen LogP contribution is -2.65. The predicted octanol–water partition coefficient (Wildman–Crippen LogP) is 4.51. The fourth-order valence-corrected chi connectivity index (χ4v) is 5.27. The monoisotopic (exact) mass is 546 g/mol. The number of alkyl halides is 3. The van der Waals surface area contributed by atoms with Crippen molar-refractivity contribution >= 4 is 23.4 Å². The third-order valence-electron chi connectivity index (χ3n) is 7.18. The van der Waals surface area contributed by atoms with Crippen LogP contribution in [0.25, 0.3) is 0 Å². The summed E-state index contributed by atoms with van der Waals surface area (Å²) < 4.78 is 71.4. The summed E-state index contributed by atoms with van der Waals surface area (Å²) in [7, 11) is 0. The molecule has 5 rings (SSSR count). The number of rotatable bonds is 7. The highest BCUT2D eigenvalue weighted by Crippen LogP contribution is 2.52. The second-order valence-corrected chi connectivity index (χ2v) is 10.0. The Balaban J connectivity index is 1.34. The molecule has 3 saturated carbocycles. The van der Waals surface area contributed by atoms with Crippen molar-refractivity contribution in [3.8, 4) is 5.75 Å². The predicted molar refractivity (Wildman–Crippen MR) is 123 cm³/mol. The summed E-state index contributed by atoms with van der Waals surface area (Å²) in [5.74, 6) is -2.65. The molecule has 1 atom stereocenters. The van der Waals surface area contributed by atoms with Gasteiger partial charge in [-0.25, -0.2) is 8.78 Å². The van der Waals surface area contributed by atoms with E-state index in [1.165, 1.54) is 12.1 Å². The minimum absolute atomic E-state index is 0.0552. The highest BCUT2D eigenvalue weighted by molar-refractivity contribution is 6.30. The fraction of sp³-hybridized carbons (Fsp3) is 0.440. The molecular formula is C25H24ClF5N2O4. The summed E-state index contributed by atoms with van der Waals surface area (Å²) in [5.41, 5.74) is -3.13. The lowest BCUT2D eigenvalue weighted by Gasteiger charge is -2.55. The van der Waals surface area contributed by atoms with Gasteiger partial charge in [0.05, 0.1) is 22.1 Å². The minimum atomic E-state index is -4.73. The summed E-state index contributed by atoms with van der Waals surface area (Å²) in [5, 5.41) is 16.2. The molecule has 2 aromatic carbocycles. The summed E-state index contributed by atoms with van der Waals surface area (Å²) in [6.07, 6.45) is -4.50. The van der Waals surface area contributed by atoms with Crippen molar-refractivity contribution in [2.24, 2.45) is 5.41 Å². The number of fused-ring (bicyclic) bond motifs is 3. The topological polar surface area (TPSA) is 87.7 Å². The molecule has 2 amide bonds. The molecule has 0 unspecified atom stereocenters. The van der Waals surface area contributed by atoms with Gasteiger partial charge in [-0.15, -0.1) is 0 Å².